The topological polar surface area (TPSA) is 61.6 Å². The highest BCUT2D eigenvalue weighted by Gasteiger charge is 2.07. The van der Waals surface area contributed by atoms with Crippen LogP contribution in [0.15, 0.2) is 30.6 Å². The molecule has 4 nitrogen and oxygen atoms in total. The van der Waals surface area contributed by atoms with Crippen LogP contribution in [-0.4, -0.2) is 16.5 Å². The van der Waals surface area contributed by atoms with Crippen LogP contribution in [0.5, 0.6) is 0 Å². The molecule has 2 rings (SSSR count). The van der Waals surface area contributed by atoms with Gasteiger partial charge in [0.2, 0.25) is 5.95 Å². The molecule has 19 heavy (non-hydrogen) atoms. The van der Waals surface area contributed by atoms with Crippen molar-refractivity contribution in [3.05, 3.63) is 42.2 Å². The number of halogens is 2. The number of nitrogens with zero attached hydrogens (tertiary/aromatic N) is 3. The molecule has 6 heteroatoms. The highest BCUT2D eigenvalue weighted by atomic mass is 19.1. The summed E-state index contributed by atoms with van der Waals surface area (Å²) in [6.45, 7) is 0.445. The van der Waals surface area contributed by atoms with Crippen LogP contribution in [0.4, 0.5) is 14.7 Å². The molecule has 0 aliphatic carbocycles. The van der Waals surface area contributed by atoms with Gasteiger partial charge >= 0.3 is 0 Å². The van der Waals surface area contributed by atoms with Crippen LogP contribution in [0.3, 0.4) is 0 Å². The number of hydrogen-bond donors (Lipinski definition) is 1. The summed E-state index contributed by atoms with van der Waals surface area (Å²) in [5.41, 5.74) is 0.702. The summed E-state index contributed by atoms with van der Waals surface area (Å²) >= 11 is 0. The Hall–Kier alpha value is -2.55. The highest BCUT2D eigenvalue weighted by Crippen LogP contribution is 2.22. The van der Waals surface area contributed by atoms with Crippen LogP contribution in [0.1, 0.15) is 6.42 Å². The van der Waals surface area contributed by atoms with Crippen molar-refractivity contribution in [3.8, 4) is 17.2 Å². The second-order valence-electron chi connectivity index (χ2n) is 3.75. The van der Waals surface area contributed by atoms with E-state index >= 15 is 0 Å². The van der Waals surface area contributed by atoms with Crippen molar-refractivity contribution in [3.63, 3.8) is 0 Å². The highest BCUT2D eigenvalue weighted by molar-refractivity contribution is 5.62. The molecule has 1 heterocycles. The first-order valence-corrected chi connectivity index (χ1v) is 5.59. The van der Waals surface area contributed by atoms with Crippen molar-refractivity contribution in [2.24, 2.45) is 0 Å². The fourth-order valence-electron chi connectivity index (χ4n) is 1.51. The molecule has 0 atom stereocenters. The smallest absolute Gasteiger partial charge is 0.222 e. The van der Waals surface area contributed by atoms with Gasteiger partial charge in [0.25, 0.3) is 0 Å². The summed E-state index contributed by atoms with van der Waals surface area (Å²) in [7, 11) is 0. The normalized spacial score (nSPS) is 9.95. The third-order valence-corrected chi connectivity index (χ3v) is 2.41. The van der Waals surface area contributed by atoms with E-state index in [4.69, 9.17) is 5.26 Å². The van der Waals surface area contributed by atoms with Gasteiger partial charge in [-0.05, 0) is 12.1 Å². The van der Waals surface area contributed by atoms with E-state index in [1.54, 1.807) is 0 Å². The van der Waals surface area contributed by atoms with Crippen molar-refractivity contribution >= 4 is 5.95 Å². The maximum Gasteiger partial charge on any atom is 0.222 e. The molecule has 1 aromatic heterocycles. The van der Waals surface area contributed by atoms with E-state index in [-0.39, 0.29) is 5.56 Å². The van der Waals surface area contributed by atoms with E-state index in [1.807, 2.05) is 6.07 Å². The molecule has 0 saturated heterocycles. The minimum Gasteiger partial charge on any atom is -0.353 e. The standard InChI is InChI=1S/C13H10F2N4/c14-10-2-3-11(12(15)6-10)9-7-18-13(19-8-9)17-5-1-4-16/h2-3,6-8H,1,5H2,(H,17,18,19). The zero-order chi connectivity index (χ0) is 13.7. The summed E-state index contributed by atoms with van der Waals surface area (Å²) in [4.78, 5) is 8.00. The second-order valence-corrected chi connectivity index (χ2v) is 3.75. The van der Waals surface area contributed by atoms with E-state index < -0.39 is 11.6 Å². The summed E-state index contributed by atoms with van der Waals surface area (Å²) < 4.78 is 26.3. The van der Waals surface area contributed by atoms with Gasteiger partial charge in [0.05, 0.1) is 12.5 Å². The van der Waals surface area contributed by atoms with E-state index in [0.29, 0.717) is 24.5 Å². The third kappa shape index (κ3) is 3.22. The molecule has 0 unspecified atom stereocenters. The SMILES string of the molecule is N#CCCNc1ncc(-c2ccc(F)cc2F)cn1. The van der Waals surface area contributed by atoms with E-state index in [2.05, 4.69) is 15.3 Å². The lowest BCUT2D eigenvalue weighted by Gasteiger charge is -2.05. The number of aromatic nitrogens is 2. The van der Waals surface area contributed by atoms with Crippen molar-refractivity contribution < 1.29 is 8.78 Å². The molecule has 0 bridgehead atoms. The number of anilines is 1. The van der Waals surface area contributed by atoms with Gasteiger partial charge in [-0.1, -0.05) is 0 Å². The molecule has 0 spiro atoms. The first kappa shape index (κ1) is 12.9. The molecule has 2 aromatic rings. The lowest BCUT2D eigenvalue weighted by molar-refractivity contribution is 0.585. The fourth-order valence-corrected chi connectivity index (χ4v) is 1.51. The van der Waals surface area contributed by atoms with Gasteiger partial charge in [-0.3, -0.25) is 0 Å². The van der Waals surface area contributed by atoms with Crippen LogP contribution >= 0.6 is 0 Å². The average Bonchev–Trinajstić information content (AvgIpc) is 2.40. The van der Waals surface area contributed by atoms with Crippen molar-refractivity contribution in [1.29, 1.82) is 5.26 Å². The Morgan fingerprint density at radius 3 is 2.58 bits per heavy atom. The summed E-state index contributed by atoms with van der Waals surface area (Å²) in [6.07, 6.45) is 3.23. The zero-order valence-electron chi connectivity index (χ0n) is 9.90. The number of nitriles is 1. The summed E-state index contributed by atoms with van der Waals surface area (Å²) in [5, 5.41) is 11.2. The fraction of sp³-hybridized carbons (Fsp3) is 0.154. The van der Waals surface area contributed by atoms with E-state index in [1.165, 1.54) is 24.5 Å². The summed E-state index contributed by atoms with van der Waals surface area (Å²) in [5.74, 6) is -0.924. The van der Waals surface area contributed by atoms with Crippen LogP contribution in [-0.2, 0) is 0 Å². The molecule has 0 aliphatic rings. The van der Waals surface area contributed by atoms with Gasteiger partial charge in [0, 0.05) is 36.1 Å². The molecule has 0 aliphatic heterocycles. The van der Waals surface area contributed by atoms with Gasteiger partial charge in [-0.25, -0.2) is 18.7 Å². The van der Waals surface area contributed by atoms with E-state index in [0.717, 1.165) is 6.07 Å². The number of rotatable bonds is 4. The monoisotopic (exact) mass is 260 g/mol. The Balaban J connectivity index is 2.16. The van der Waals surface area contributed by atoms with Gasteiger partial charge in [0.1, 0.15) is 11.6 Å². The van der Waals surface area contributed by atoms with Crippen LogP contribution < -0.4 is 5.32 Å². The minimum absolute atomic E-state index is 0.241. The second kappa shape index (κ2) is 5.87. The Morgan fingerprint density at radius 2 is 1.95 bits per heavy atom. The van der Waals surface area contributed by atoms with Gasteiger partial charge in [0.15, 0.2) is 0 Å². The van der Waals surface area contributed by atoms with Crippen LogP contribution in [0.25, 0.3) is 11.1 Å². The average molecular weight is 260 g/mol. The Labute approximate surface area is 108 Å². The van der Waals surface area contributed by atoms with Crippen LogP contribution in [0.2, 0.25) is 0 Å². The first-order valence-electron chi connectivity index (χ1n) is 5.59. The largest absolute Gasteiger partial charge is 0.353 e. The molecular weight excluding hydrogens is 250 g/mol. The number of nitrogens with one attached hydrogen (secondary N) is 1. The Morgan fingerprint density at radius 1 is 1.21 bits per heavy atom. The molecule has 1 N–H and O–H groups in total. The molecule has 0 amide bonds. The van der Waals surface area contributed by atoms with Gasteiger partial charge < -0.3 is 5.32 Å². The maximum atomic E-state index is 13.5. The molecule has 0 fully saturated rings. The predicted octanol–water partition coefficient (Wildman–Crippen LogP) is 2.75. The zero-order valence-corrected chi connectivity index (χ0v) is 9.90. The summed E-state index contributed by atoms with van der Waals surface area (Å²) in [6, 6.07) is 5.32. The van der Waals surface area contributed by atoms with Crippen LogP contribution in [0, 0.1) is 23.0 Å². The predicted molar refractivity (Wildman–Crippen MR) is 66.1 cm³/mol. The number of benzene rings is 1. The van der Waals surface area contributed by atoms with Crippen molar-refractivity contribution in [2.75, 3.05) is 11.9 Å². The molecule has 0 saturated carbocycles. The lowest BCUT2D eigenvalue weighted by atomic mass is 10.1. The number of hydrogen-bond acceptors (Lipinski definition) is 4. The third-order valence-electron chi connectivity index (χ3n) is 2.41. The Bertz CT molecular complexity index is 605. The Kier molecular flexibility index (Phi) is 3.98. The maximum absolute atomic E-state index is 13.5. The molecule has 0 radical (unpaired) electrons. The molecular formula is C13H10F2N4. The first-order chi connectivity index (χ1) is 9.20. The molecule has 1 aromatic carbocycles. The van der Waals surface area contributed by atoms with Crippen molar-refractivity contribution in [2.45, 2.75) is 6.42 Å². The quantitative estimate of drug-likeness (QED) is 0.858. The van der Waals surface area contributed by atoms with Gasteiger partial charge in [-0.2, -0.15) is 5.26 Å². The van der Waals surface area contributed by atoms with Crippen molar-refractivity contribution in [1.82, 2.24) is 9.97 Å². The molecule has 96 valence electrons. The lowest BCUT2D eigenvalue weighted by Crippen LogP contribution is -2.04. The van der Waals surface area contributed by atoms with E-state index in [9.17, 15) is 8.78 Å². The minimum atomic E-state index is -0.659. The van der Waals surface area contributed by atoms with Gasteiger partial charge in [-0.15, -0.1) is 0 Å².